The zero-order valence-corrected chi connectivity index (χ0v) is 12.0. The predicted octanol–water partition coefficient (Wildman–Crippen LogP) is 3.51. The molecule has 0 saturated heterocycles. The summed E-state index contributed by atoms with van der Waals surface area (Å²) in [6.45, 7) is 1.70. The molecule has 1 heterocycles. The van der Waals surface area contributed by atoms with E-state index in [1.165, 1.54) is 10.7 Å². The van der Waals surface area contributed by atoms with Gasteiger partial charge < -0.3 is 0 Å². The summed E-state index contributed by atoms with van der Waals surface area (Å²) in [4.78, 5) is 12.2. The van der Waals surface area contributed by atoms with E-state index >= 15 is 0 Å². The topological polar surface area (TPSA) is 34.9 Å². The van der Waals surface area contributed by atoms with Crippen molar-refractivity contribution in [3.05, 3.63) is 50.5 Å². The van der Waals surface area contributed by atoms with Gasteiger partial charge in [0.25, 0.3) is 0 Å². The van der Waals surface area contributed by atoms with Crippen LogP contribution in [-0.4, -0.2) is 15.6 Å². The second-order valence-electron chi connectivity index (χ2n) is 3.85. The summed E-state index contributed by atoms with van der Waals surface area (Å²) in [6, 6.07) is 2.95. The molecule has 0 unspecified atom stereocenters. The van der Waals surface area contributed by atoms with Gasteiger partial charge in [-0.2, -0.15) is 5.10 Å². The molecule has 0 atom stereocenters. The highest BCUT2D eigenvalue weighted by Gasteiger charge is 2.20. The highest BCUT2D eigenvalue weighted by atomic mass is 79.9. The van der Waals surface area contributed by atoms with Crippen LogP contribution in [0.1, 0.15) is 21.6 Å². The lowest BCUT2D eigenvalue weighted by molar-refractivity contribution is 0.103. The first-order chi connectivity index (χ1) is 8.41. The molecular weight excluding hydrogens is 322 g/mol. The van der Waals surface area contributed by atoms with Crippen LogP contribution in [-0.2, 0) is 7.05 Å². The molecule has 18 heavy (non-hydrogen) atoms. The van der Waals surface area contributed by atoms with Crippen LogP contribution in [0.3, 0.4) is 0 Å². The van der Waals surface area contributed by atoms with Crippen molar-refractivity contribution in [3.63, 3.8) is 0 Å². The third kappa shape index (κ3) is 2.20. The fourth-order valence-corrected chi connectivity index (χ4v) is 2.14. The summed E-state index contributed by atoms with van der Waals surface area (Å²) in [6.07, 6.45) is 1.56. The van der Waals surface area contributed by atoms with E-state index in [0.717, 1.165) is 0 Å². The summed E-state index contributed by atoms with van der Waals surface area (Å²) in [5.41, 5.74) is 0.870. The molecule has 0 spiro atoms. The molecular formula is C12H9BrClFN2O. The number of hydrogen-bond donors (Lipinski definition) is 0. The molecule has 0 aliphatic carbocycles. The average Bonchev–Trinajstić information content (AvgIpc) is 2.65. The minimum atomic E-state index is -0.723. The van der Waals surface area contributed by atoms with Gasteiger partial charge in [-0.15, -0.1) is 0 Å². The first-order valence-electron chi connectivity index (χ1n) is 5.10. The summed E-state index contributed by atoms with van der Waals surface area (Å²) in [7, 11) is 1.70. The average molecular weight is 332 g/mol. The lowest BCUT2D eigenvalue weighted by atomic mass is 10.0. The monoisotopic (exact) mass is 330 g/mol. The Morgan fingerprint density at radius 1 is 1.44 bits per heavy atom. The number of carbonyl (C=O) groups is 1. The summed E-state index contributed by atoms with van der Waals surface area (Å²) in [5, 5.41) is 3.96. The quantitative estimate of drug-likeness (QED) is 0.623. The molecule has 0 aliphatic rings. The van der Waals surface area contributed by atoms with Crippen molar-refractivity contribution in [2.75, 3.05) is 0 Å². The normalized spacial score (nSPS) is 10.7. The number of hydrogen-bond acceptors (Lipinski definition) is 2. The number of ketones is 1. The van der Waals surface area contributed by atoms with Gasteiger partial charge in [0.05, 0.1) is 21.8 Å². The van der Waals surface area contributed by atoms with Crippen LogP contribution in [0.15, 0.2) is 22.8 Å². The van der Waals surface area contributed by atoms with E-state index in [-0.39, 0.29) is 10.6 Å². The van der Waals surface area contributed by atoms with Crippen LogP contribution in [0.25, 0.3) is 0 Å². The van der Waals surface area contributed by atoms with Gasteiger partial charge in [-0.25, -0.2) is 4.39 Å². The van der Waals surface area contributed by atoms with Gasteiger partial charge in [-0.1, -0.05) is 11.6 Å². The first-order valence-corrected chi connectivity index (χ1v) is 6.27. The number of aryl methyl sites for hydroxylation is 2. The SMILES string of the molecule is Cc1nn(C)cc1C(=O)c1ccc(Br)c(Cl)c1F. The van der Waals surface area contributed by atoms with Crippen LogP contribution in [0, 0.1) is 12.7 Å². The maximum absolute atomic E-state index is 13.9. The molecule has 0 aliphatic heterocycles. The minimum Gasteiger partial charge on any atom is -0.288 e. The molecule has 1 aromatic carbocycles. The van der Waals surface area contributed by atoms with Crippen LogP contribution < -0.4 is 0 Å². The molecule has 2 aromatic rings. The highest BCUT2D eigenvalue weighted by Crippen LogP contribution is 2.29. The summed E-state index contributed by atoms with van der Waals surface area (Å²) in [5.74, 6) is -1.15. The van der Waals surface area contributed by atoms with Crippen molar-refractivity contribution in [2.45, 2.75) is 6.92 Å². The van der Waals surface area contributed by atoms with E-state index in [0.29, 0.717) is 15.7 Å². The standard InChI is InChI=1S/C12H9BrClFN2O/c1-6-8(5-17(2)16-6)12(18)7-3-4-9(13)10(14)11(7)15/h3-5H,1-2H3. The van der Waals surface area contributed by atoms with E-state index in [1.807, 2.05) is 0 Å². The van der Waals surface area contributed by atoms with Crippen LogP contribution in [0.5, 0.6) is 0 Å². The van der Waals surface area contributed by atoms with E-state index in [1.54, 1.807) is 26.2 Å². The van der Waals surface area contributed by atoms with Gasteiger partial charge in [0.1, 0.15) is 0 Å². The van der Waals surface area contributed by atoms with Gasteiger partial charge in [-0.05, 0) is 35.0 Å². The predicted molar refractivity (Wildman–Crippen MR) is 70.5 cm³/mol. The number of aromatic nitrogens is 2. The molecule has 0 fully saturated rings. The Bertz CT molecular complexity index is 639. The molecule has 1 aromatic heterocycles. The van der Waals surface area contributed by atoms with E-state index in [4.69, 9.17) is 11.6 Å². The van der Waals surface area contributed by atoms with Crippen LogP contribution >= 0.6 is 27.5 Å². The van der Waals surface area contributed by atoms with Crippen molar-refractivity contribution >= 4 is 33.3 Å². The Kier molecular flexibility index (Phi) is 3.54. The lowest BCUT2D eigenvalue weighted by Crippen LogP contribution is -2.05. The van der Waals surface area contributed by atoms with Gasteiger partial charge >= 0.3 is 0 Å². The van der Waals surface area contributed by atoms with Crippen molar-refractivity contribution in [1.29, 1.82) is 0 Å². The molecule has 3 nitrogen and oxygen atoms in total. The second-order valence-corrected chi connectivity index (χ2v) is 5.09. The Hall–Kier alpha value is -1.20. The Morgan fingerprint density at radius 2 is 2.11 bits per heavy atom. The molecule has 0 amide bonds. The molecule has 0 N–H and O–H groups in total. The Balaban J connectivity index is 2.53. The summed E-state index contributed by atoms with van der Waals surface area (Å²) >= 11 is 8.87. The molecule has 94 valence electrons. The number of nitrogens with zero attached hydrogens (tertiary/aromatic N) is 2. The van der Waals surface area contributed by atoms with E-state index in [9.17, 15) is 9.18 Å². The van der Waals surface area contributed by atoms with Crippen molar-refractivity contribution in [3.8, 4) is 0 Å². The Labute approximate surface area is 117 Å². The molecule has 2 rings (SSSR count). The third-order valence-corrected chi connectivity index (χ3v) is 3.80. The van der Waals surface area contributed by atoms with Crippen LogP contribution in [0.4, 0.5) is 4.39 Å². The summed E-state index contributed by atoms with van der Waals surface area (Å²) < 4.78 is 15.9. The molecule has 0 bridgehead atoms. The maximum atomic E-state index is 13.9. The lowest BCUT2D eigenvalue weighted by Gasteiger charge is -2.04. The number of rotatable bonds is 2. The van der Waals surface area contributed by atoms with Gasteiger partial charge in [0.15, 0.2) is 11.6 Å². The molecule has 0 radical (unpaired) electrons. The van der Waals surface area contributed by atoms with Crippen molar-refractivity contribution < 1.29 is 9.18 Å². The zero-order chi connectivity index (χ0) is 13.4. The van der Waals surface area contributed by atoms with E-state index < -0.39 is 11.6 Å². The second kappa shape index (κ2) is 4.82. The fourth-order valence-electron chi connectivity index (χ4n) is 1.67. The maximum Gasteiger partial charge on any atom is 0.199 e. The number of carbonyl (C=O) groups excluding carboxylic acids is 1. The minimum absolute atomic E-state index is 0.0562. The highest BCUT2D eigenvalue weighted by molar-refractivity contribution is 9.10. The molecule has 6 heteroatoms. The van der Waals surface area contributed by atoms with Crippen molar-refractivity contribution in [1.82, 2.24) is 9.78 Å². The van der Waals surface area contributed by atoms with Gasteiger partial charge in [0, 0.05) is 17.7 Å². The van der Waals surface area contributed by atoms with Gasteiger partial charge in [-0.3, -0.25) is 9.48 Å². The van der Waals surface area contributed by atoms with E-state index in [2.05, 4.69) is 21.0 Å². The van der Waals surface area contributed by atoms with Crippen molar-refractivity contribution in [2.24, 2.45) is 7.05 Å². The number of halogens is 3. The zero-order valence-electron chi connectivity index (χ0n) is 9.67. The third-order valence-electron chi connectivity index (χ3n) is 2.54. The smallest absolute Gasteiger partial charge is 0.199 e. The Morgan fingerprint density at radius 3 is 2.67 bits per heavy atom. The van der Waals surface area contributed by atoms with Gasteiger partial charge in [0.2, 0.25) is 0 Å². The van der Waals surface area contributed by atoms with Crippen LogP contribution in [0.2, 0.25) is 5.02 Å². The largest absolute Gasteiger partial charge is 0.288 e. The molecule has 0 saturated carbocycles. The fraction of sp³-hybridized carbons (Fsp3) is 0.167. The number of benzene rings is 1. The first kappa shape index (κ1) is 13.2.